The van der Waals surface area contributed by atoms with Gasteiger partial charge in [0.1, 0.15) is 11.3 Å². The Balaban J connectivity index is 1.74. The molecule has 2 aromatic carbocycles. The molecule has 0 aliphatic carbocycles. The number of thiazole rings is 1. The maximum atomic E-state index is 13.7. The molecule has 168 valence electrons. The molecular weight excluding hydrogens is 436 g/mol. The van der Waals surface area contributed by atoms with Gasteiger partial charge >= 0.3 is 0 Å². The highest BCUT2D eigenvalue weighted by atomic mass is 32.1. The zero-order valence-corrected chi connectivity index (χ0v) is 19.9. The lowest BCUT2D eigenvalue weighted by Crippen LogP contribution is -2.29. The first-order chi connectivity index (χ1) is 15.7. The number of aromatic nitrogens is 1. The van der Waals surface area contributed by atoms with Crippen LogP contribution in [0.3, 0.4) is 0 Å². The smallest absolute Gasteiger partial charge is 0.297 e. The molecule has 33 heavy (non-hydrogen) atoms. The van der Waals surface area contributed by atoms with Crippen molar-refractivity contribution in [1.82, 2.24) is 4.98 Å². The largest absolute Gasteiger partial charge is 0.491 e. The molecule has 5 rings (SSSR count). The quantitative estimate of drug-likeness (QED) is 0.390. The normalized spacial score (nSPS) is 15.5. The highest BCUT2D eigenvalue weighted by molar-refractivity contribution is 7.15. The molecule has 6 nitrogen and oxygen atoms in total. The predicted octanol–water partition coefficient (Wildman–Crippen LogP) is 5.71. The Morgan fingerprint density at radius 3 is 2.42 bits per heavy atom. The molecule has 0 fully saturated rings. The monoisotopic (exact) mass is 460 g/mol. The number of hydrogen-bond acceptors (Lipinski definition) is 6. The summed E-state index contributed by atoms with van der Waals surface area (Å²) in [5, 5.41) is 1.02. The Morgan fingerprint density at radius 2 is 1.79 bits per heavy atom. The highest BCUT2D eigenvalue weighted by Crippen LogP contribution is 2.43. The number of aryl methyl sites for hydroxylation is 3. The third kappa shape index (κ3) is 3.53. The van der Waals surface area contributed by atoms with E-state index < -0.39 is 6.04 Å². The third-order valence-electron chi connectivity index (χ3n) is 5.82. The number of nitrogens with zero attached hydrogens (tertiary/aromatic N) is 2. The van der Waals surface area contributed by atoms with E-state index >= 15 is 0 Å². The molecule has 1 amide bonds. The van der Waals surface area contributed by atoms with E-state index in [1.54, 1.807) is 11.0 Å². The fourth-order valence-corrected chi connectivity index (χ4v) is 5.10. The van der Waals surface area contributed by atoms with Crippen molar-refractivity contribution in [2.24, 2.45) is 0 Å². The zero-order valence-electron chi connectivity index (χ0n) is 19.1. The van der Waals surface area contributed by atoms with Gasteiger partial charge in [0.05, 0.1) is 28.8 Å². The lowest BCUT2D eigenvalue weighted by atomic mass is 9.98. The lowest BCUT2D eigenvalue weighted by molar-refractivity contribution is 0.0971. The molecule has 7 heteroatoms. The van der Waals surface area contributed by atoms with Gasteiger partial charge in [-0.15, -0.1) is 11.3 Å². The zero-order chi connectivity index (χ0) is 23.4. The summed E-state index contributed by atoms with van der Waals surface area (Å²) in [6.45, 7) is 9.74. The molecule has 1 aliphatic rings. The molecule has 4 aromatic rings. The van der Waals surface area contributed by atoms with Gasteiger partial charge in [-0.25, -0.2) is 4.98 Å². The van der Waals surface area contributed by atoms with E-state index in [9.17, 15) is 9.59 Å². The average molecular weight is 461 g/mol. The number of amides is 1. The minimum absolute atomic E-state index is 0.0454. The van der Waals surface area contributed by atoms with E-state index in [-0.39, 0.29) is 23.2 Å². The fourth-order valence-electron chi connectivity index (χ4n) is 4.16. The van der Waals surface area contributed by atoms with Crippen molar-refractivity contribution in [3.8, 4) is 5.75 Å². The van der Waals surface area contributed by atoms with E-state index in [1.165, 1.54) is 11.3 Å². The van der Waals surface area contributed by atoms with Crippen LogP contribution < -0.4 is 15.1 Å². The van der Waals surface area contributed by atoms with Crippen molar-refractivity contribution in [2.45, 2.75) is 46.8 Å². The number of fused-ring (bicyclic) bond motifs is 2. The van der Waals surface area contributed by atoms with Crippen LogP contribution in [0, 0.1) is 20.8 Å². The number of carbonyl (C=O) groups excluding carboxylic acids is 1. The maximum Gasteiger partial charge on any atom is 0.297 e. The Labute approximate surface area is 195 Å². The summed E-state index contributed by atoms with van der Waals surface area (Å²) in [6.07, 6.45) is 0.0454. The van der Waals surface area contributed by atoms with E-state index in [2.05, 4.69) is 4.98 Å². The van der Waals surface area contributed by atoms with Crippen molar-refractivity contribution in [2.75, 3.05) is 4.90 Å². The van der Waals surface area contributed by atoms with E-state index in [0.29, 0.717) is 21.7 Å². The maximum absolute atomic E-state index is 13.7. The van der Waals surface area contributed by atoms with Crippen LogP contribution in [0.5, 0.6) is 5.75 Å². The van der Waals surface area contributed by atoms with Crippen molar-refractivity contribution < 1.29 is 13.9 Å². The SMILES string of the molecule is Cc1ccc2oc3c(c(=O)c2c1)C(c1ccc(OC(C)C)cc1)N(c1nc(C)c(C)s1)C3=O. The Bertz CT molecular complexity index is 1430. The van der Waals surface area contributed by atoms with Crippen LogP contribution in [0.2, 0.25) is 0 Å². The summed E-state index contributed by atoms with van der Waals surface area (Å²) < 4.78 is 11.8. The van der Waals surface area contributed by atoms with Crippen LogP contribution in [0.4, 0.5) is 5.13 Å². The van der Waals surface area contributed by atoms with E-state index in [1.807, 2.05) is 71.0 Å². The van der Waals surface area contributed by atoms with Gasteiger partial charge in [-0.3, -0.25) is 14.5 Å². The van der Waals surface area contributed by atoms with Crippen LogP contribution >= 0.6 is 11.3 Å². The molecule has 0 saturated heterocycles. The summed E-state index contributed by atoms with van der Waals surface area (Å²) in [4.78, 5) is 34.5. The topological polar surface area (TPSA) is 72.6 Å². The summed E-state index contributed by atoms with van der Waals surface area (Å²) in [5.74, 6) is 0.451. The van der Waals surface area contributed by atoms with Gasteiger partial charge in [0, 0.05) is 4.88 Å². The van der Waals surface area contributed by atoms with Gasteiger partial charge in [-0.2, -0.15) is 0 Å². The van der Waals surface area contributed by atoms with Crippen molar-refractivity contribution in [3.63, 3.8) is 0 Å². The number of carbonyl (C=O) groups is 1. The first kappa shape index (κ1) is 21.4. The standard InChI is InChI=1S/C26H24N2O4S/c1-13(2)31-18-9-7-17(8-10-18)22-21-23(29)19-12-14(3)6-11-20(19)32-24(21)25(30)28(22)26-27-15(4)16(5)33-26/h6-13,22H,1-5H3. The molecular formula is C26H24N2O4S. The van der Waals surface area contributed by atoms with Gasteiger partial charge < -0.3 is 9.15 Å². The van der Waals surface area contributed by atoms with Gasteiger partial charge in [-0.05, 0) is 64.4 Å². The second-order valence-electron chi connectivity index (χ2n) is 8.62. The van der Waals surface area contributed by atoms with Gasteiger partial charge in [0.2, 0.25) is 5.76 Å². The Morgan fingerprint density at radius 1 is 1.06 bits per heavy atom. The number of hydrogen-bond donors (Lipinski definition) is 0. The average Bonchev–Trinajstić information content (AvgIpc) is 3.25. The molecule has 0 spiro atoms. The number of benzene rings is 2. The van der Waals surface area contributed by atoms with E-state index in [4.69, 9.17) is 9.15 Å². The summed E-state index contributed by atoms with van der Waals surface area (Å²) in [5.41, 5.74) is 3.17. The molecule has 0 radical (unpaired) electrons. The van der Waals surface area contributed by atoms with Crippen molar-refractivity contribution in [1.29, 1.82) is 0 Å². The van der Waals surface area contributed by atoms with Crippen LogP contribution in [0.15, 0.2) is 51.7 Å². The van der Waals surface area contributed by atoms with Crippen LogP contribution in [-0.4, -0.2) is 17.0 Å². The fraction of sp³-hybridized carbons (Fsp3) is 0.269. The van der Waals surface area contributed by atoms with E-state index in [0.717, 1.165) is 27.4 Å². The summed E-state index contributed by atoms with van der Waals surface area (Å²) in [6, 6.07) is 12.3. The molecule has 0 bridgehead atoms. The molecule has 1 atom stereocenters. The highest BCUT2D eigenvalue weighted by Gasteiger charge is 2.45. The molecule has 1 unspecified atom stereocenters. The van der Waals surface area contributed by atoms with Gasteiger partial charge in [-0.1, -0.05) is 23.8 Å². The molecule has 2 aromatic heterocycles. The Hall–Kier alpha value is -3.45. The molecule has 3 heterocycles. The molecule has 1 aliphatic heterocycles. The number of ether oxygens (including phenoxy) is 1. The van der Waals surface area contributed by atoms with Gasteiger partial charge in [0.15, 0.2) is 10.6 Å². The van der Waals surface area contributed by atoms with Crippen LogP contribution in [-0.2, 0) is 0 Å². The molecule has 0 N–H and O–H groups in total. The van der Waals surface area contributed by atoms with Crippen molar-refractivity contribution >= 4 is 33.3 Å². The third-order valence-corrected chi connectivity index (χ3v) is 6.89. The minimum atomic E-state index is -0.633. The second kappa shape index (κ2) is 7.85. The first-order valence-electron chi connectivity index (χ1n) is 10.9. The predicted molar refractivity (Wildman–Crippen MR) is 130 cm³/mol. The minimum Gasteiger partial charge on any atom is -0.491 e. The summed E-state index contributed by atoms with van der Waals surface area (Å²) >= 11 is 1.43. The number of anilines is 1. The Kier molecular flexibility index (Phi) is 5.09. The first-order valence-corrected chi connectivity index (χ1v) is 11.7. The lowest BCUT2D eigenvalue weighted by Gasteiger charge is -2.23. The van der Waals surface area contributed by atoms with Crippen LogP contribution in [0.25, 0.3) is 11.0 Å². The van der Waals surface area contributed by atoms with Crippen molar-refractivity contribution in [3.05, 3.63) is 85.7 Å². The van der Waals surface area contributed by atoms with Crippen LogP contribution in [0.1, 0.15) is 57.7 Å². The number of rotatable bonds is 4. The summed E-state index contributed by atoms with van der Waals surface area (Å²) in [7, 11) is 0. The van der Waals surface area contributed by atoms with Gasteiger partial charge in [0.25, 0.3) is 5.91 Å². The molecule has 0 saturated carbocycles. The second-order valence-corrected chi connectivity index (χ2v) is 9.81.